The Morgan fingerprint density at radius 1 is 1.35 bits per heavy atom. The number of rotatable bonds is 3. The van der Waals surface area contributed by atoms with Crippen LogP contribution in [0.25, 0.3) is 5.69 Å². The molecular weight excluding hydrogens is 220 g/mol. The topological polar surface area (TPSA) is 64.4 Å². The Morgan fingerprint density at radius 3 is 2.53 bits per heavy atom. The van der Waals surface area contributed by atoms with Gasteiger partial charge >= 0.3 is 5.97 Å². The van der Waals surface area contributed by atoms with E-state index in [9.17, 15) is 4.79 Å². The molecule has 1 N–H and O–H groups in total. The molecule has 2 rings (SSSR count). The molecule has 0 spiro atoms. The molecule has 0 amide bonds. The number of carbonyl (C=O) groups is 1. The number of ether oxygens (including phenoxy) is 1. The minimum Gasteiger partial charge on any atom is -0.497 e. The van der Waals surface area contributed by atoms with Gasteiger partial charge in [-0.15, -0.1) is 0 Å². The first kappa shape index (κ1) is 11.2. The van der Waals surface area contributed by atoms with E-state index in [-0.39, 0.29) is 5.69 Å². The standard InChI is InChI=1S/C12H12N2O3/c1-8-7-11(12(15)16)14(13-8)9-3-5-10(17-2)6-4-9/h3-7H,1-2H3,(H,15,16). The SMILES string of the molecule is COc1ccc(-n2nc(C)cc2C(=O)O)cc1. The van der Waals surface area contributed by atoms with Crippen LogP contribution in [0.3, 0.4) is 0 Å². The Balaban J connectivity index is 2.48. The van der Waals surface area contributed by atoms with E-state index in [4.69, 9.17) is 9.84 Å². The molecule has 0 bridgehead atoms. The molecule has 0 unspecified atom stereocenters. The number of carboxylic acid groups (broad SMARTS) is 1. The fourth-order valence-electron chi connectivity index (χ4n) is 1.57. The van der Waals surface area contributed by atoms with Gasteiger partial charge < -0.3 is 9.84 Å². The third-order valence-corrected chi connectivity index (χ3v) is 2.37. The van der Waals surface area contributed by atoms with Crippen LogP contribution in [0, 0.1) is 6.92 Å². The number of nitrogens with zero attached hydrogens (tertiary/aromatic N) is 2. The second-order valence-corrected chi connectivity index (χ2v) is 3.59. The number of carboxylic acids is 1. The van der Waals surface area contributed by atoms with Gasteiger partial charge in [0.2, 0.25) is 0 Å². The van der Waals surface area contributed by atoms with E-state index in [2.05, 4.69) is 5.10 Å². The van der Waals surface area contributed by atoms with Gasteiger partial charge in [-0.25, -0.2) is 9.48 Å². The Bertz CT molecular complexity index is 543. The lowest BCUT2D eigenvalue weighted by Crippen LogP contribution is -2.07. The third-order valence-electron chi connectivity index (χ3n) is 2.37. The number of hydrogen-bond acceptors (Lipinski definition) is 3. The zero-order valence-electron chi connectivity index (χ0n) is 9.54. The molecule has 5 heteroatoms. The van der Waals surface area contributed by atoms with Crippen molar-refractivity contribution in [1.29, 1.82) is 0 Å². The lowest BCUT2D eigenvalue weighted by Gasteiger charge is -2.05. The van der Waals surface area contributed by atoms with E-state index >= 15 is 0 Å². The summed E-state index contributed by atoms with van der Waals surface area (Å²) >= 11 is 0. The molecule has 5 nitrogen and oxygen atoms in total. The van der Waals surface area contributed by atoms with E-state index in [0.29, 0.717) is 11.4 Å². The highest BCUT2D eigenvalue weighted by atomic mass is 16.5. The van der Waals surface area contributed by atoms with Crippen molar-refractivity contribution in [3.05, 3.63) is 41.7 Å². The van der Waals surface area contributed by atoms with Crippen LogP contribution >= 0.6 is 0 Å². The summed E-state index contributed by atoms with van der Waals surface area (Å²) in [6, 6.07) is 8.58. The molecular formula is C12H12N2O3. The lowest BCUT2D eigenvalue weighted by molar-refractivity contribution is 0.0687. The van der Waals surface area contributed by atoms with Crippen molar-refractivity contribution in [3.63, 3.8) is 0 Å². The van der Waals surface area contributed by atoms with Crippen LogP contribution in [0.5, 0.6) is 5.75 Å². The highest BCUT2D eigenvalue weighted by Crippen LogP contribution is 2.17. The van der Waals surface area contributed by atoms with Gasteiger partial charge in [-0.3, -0.25) is 0 Å². The summed E-state index contributed by atoms with van der Waals surface area (Å²) in [4.78, 5) is 11.0. The molecule has 0 aliphatic rings. The third kappa shape index (κ3) is 2.13. The normalized spacial score (nSPS) is 10.2. The van der Waals surface area contributed by atoms with E-state index in [0.717, 1.165) is 5.75 Å². The predicted molar refractivity (Wildman–Crippen MR) is 61.8 cm³/mol. The monoisotopic (exact) mass is 232 g/mol. The summed E-state index contributed by atoms with van der Waals surface area (Å²) in [5, 5.41) is 13.2. The molecule has 0 saturated carbocycles. The molecule has 0 fully saturated rings. The summed E-state index contributed by atoms with van der Waals surface area (Å²) < 4.78 is 6.44. The molecule has 1 aromatic heterocycles. The number of aromatic carboxylic acids is 1. The van der Waals surface area contributed by atoms with Crippen LogP contribution in [0.4, 0.5) is 0 Å². The molecule has 88 valence electrons. The van der Waals surface area contributed by atoms with Gasteiger partial charge in [0.15, 0.2) is 5.69 Å². The zero-order chi connectivity index (χ0) is 12.4. The maximum atomic E-state index is 11.0. The number of benzene rings is 1. The molecule has 1 heterocycles. The van der Waals surface area contributed by atoms with E-state index < -0.39 is 5.97 Å². The lowest BCUT2D eigenvalue weighted by atomic mass is 10.3. The second-order valence-electron chi connectivity index (χ2n) is 3.59. The van der Waals surface area contributed by atoms with Gasteiger partial charge in [-0.1, -0.05) is 0 Å². The molecule has 0 radical (unpaired) electrons. The molecule has 0 aliphatic heterocycles. The predicted octanol–water partition coefficient (Wildman–Crippen LogP) is 1.89. The van der Waals surface area contributed by atoms with Crippen molar-refractivity contribution >= 4 is 5.97 Å². The smallest absolute Gasteiger partial charge is 0.354 e. The number of hydrogen-bond donors (Lipinski definition) is 1. The summed E-state index contributed by atoms with van der Waals surface area (Å²) in [6.45, 7) is 1.76. The van der Waals surface area contributed by atoms with Gasteiger partial charge in [-0.2, -0.15) is 5.10 Å². The summed E-state index contributed by atoms with van der Waals surface area (Å²) in [5.41, 5.74) is 1.50. The molecule has 17 heavy (non-hydrogen) atoms. The van der Waals surface area contributed by atoms with E-state index in [1.807, 2.05) is 0 Å². The number of methoxy groups -OCH3 is 1. The summed E-state index contributed by atoms with van der Waals surface area (Å²) in [5.74, 6) is -0.282. The molecule has 1 aromatic carbocycles. The average Bonchev–Trinajstić information content (AvgIpc) is 2.72. The Kier molecular flexibility index (Phi) is 2.82. The maximum Gasteiger partial charge on any atom is 0.354 e. The molecule has 0 atom stereocenters. The molecule has 2 aromatic rings. The van der Waals surface area contributed by atoms with Crippen LogP contribution in [-0.2, 0) is 0 Å². The minimum atomic E-state index is -0.999. The first-order valence-electron chi connectivity index (χ1n) is 5.06. The van der Waals surface area contributed by atoms with Crippen LogP contribution in [-0.4, -0.2) is 28.0 Å². The number of aromatic nitrogens is 2. The fourth-order valence-corrected chi connectivity index (χ4v) is 1.57. The largest absolute Gasteiger partial charge is 0.497 e. The highest BCUT2D eigenvalue weighted by Gasteiger charge is 2.13. The van der Waals surface area contributed by atoms with Crippen molar-refractivity contribution in [2.24, 2.45) is 0 Å². The summed E-state index contributed by atoms with van der Waals surface area (Å²) in [6.07, 6.45) is 0. The van der Waals surface area contributed by atoms with Gasteiger partial charge in [-0.05, 0) is 37.3 Å². The van der Waals surface area contributed by atoms with Crippen LogP contribution in [0.1, 0.15) is 16.2 Å². The van der Waals surface area contributed by atoms with Gasteiger partial charge in [0.1, 0.15) is 5.75 Å². The average molecular weight is 232 g/mol. The Hall–Kier alpha value is -2.30. The highest BCUT2D eigenvalue weighted by molar-refractivity contribution is 5.86. The quantitative estimate of drug-likeness (QED) is 0.877. The van der Waals surface area contributed by atoms with Crippen LogP contribution in [0.2, 0.25) is 0 Å². The Labute approximate surface area is 98.3 Å². The second kappa shape index (κ2) is 4.29. The van der Waals surface area contributed by atoms with Crippen molar-refractivity contribution in [3.8, 4) is 11.4 Å². The van der Waals surface area contributed by atoms with Gasteiger partial charge in [0, 0.05) is 0 Å². The molecule has 0 aliphatic carbocycles. The van der Waals surface area contributed by atoms with Crippen LogP contribution < -0.4 is 4.74 Å². The maximum absolute atomic E-state index is 11.0. The van der Waals surface area contributed by atoms with Gasteiger partial charge in [0.05, 0.1) is 18.5 Å². The zero-order valence-corrected chi connectivity index (χ0v) is 9.54. The minimum absolute atomic E-state index is 0.146. The first-order valence-corrected chi connectivity index (χ1v) is 5.06. The van der Waals surface area contributed by atoms with Crippen LogP contribution in [0.15, 0.2) is 30.3 Å². The van der Waals surface area contributed by atoms with Crippen molar-refractivity contribution in [2.45, 2.75) is 6.92 Å². The van der Waals surface area contributed by atoms with Crippen molar-refractivity contribution in [1.82, 2.24) is 9.78 Å². The van der Waals surface area contributed by atoms with Gasteiger partial charge in [0.25, 0.3) is 0 Å². The van der Waals surface area contributed by atoms with E-state index in [1.54, 1.807) is 38.3 Å². The first-order chi connectivity index (χ1) is 8.11. The fraction of sp³-hybridized carbons (Fsp3) is 0.167. The van der Waals surface area contributed by atoms with Crippen molar-refractivity contribution < 1.29 is 14.6 Å². The van der Waals surface area contributed by atoms with Crippen molar-refractivity contribution in [2.75, 3.05) is 7.11 Å². The summed E-state index contributed by atoms with van der Waals surface area (Å²) in [7, 11) is 1.58. The van der Waals surface area contributed by atoms with E-state index in [1.165, 1.54) is 10.7 Å². The molecule has 0 saturated heterocycles. The number of aryl methyl sites for hydroxylation is 1. The Morgan fingerprint density at radius 2 is 2.00 bits per heavy atom.